The van der Waals surface area contributed by atoms with Gasteiger partial charge in [-0.3, -0.25) is 4.79 Å². The normalized spacial score (nSPS) is 24.5. The third-order valence-electron chi connectivity index (χ3n) is 5.30. The van der Waals surface area contributed by atoms with Gasteiger partial charge in [0, 0.05) is 23.6 Å². The average molecular weight is 368 g/mol. The number of carbonyl (C=O) groups is 1. The first-order chi connectivity index (χ1) is 11.8. The van der Waals surface area contributed by atoms with Gasteiger partial charge >= 0.3 is 0 Å². The number of fused-ring (bicyclic) bond motifs is 1. The summed E-state index contributed by atoms with van der Waals surface area (Å²) in [6, 6.07) is 0.743. The predicted octanol–water partition coefficient (Wildman–Crippen LogP) is 3.67. The molecule has 3 rings (SSSR count). The van der Waals surface area contributed by atoms with Crippen molar-refractivity contribution in [3.63, 3.8) is 0 Å². The summed E-state index contributed by atoms with van der Waals surface area (Å²) < 4.78 is 0. The largest absolute Gasteiger partial charge is 0.350 e. The summed E-state index contributed by atoms with van der Waals surface area (Å²) in [6.07, 6.45) is 10.5. The van der Waals surface area contributed by atoms with E-state index in [0.717, 1.165) is 34.8 Å². The van der Waals surface area contributed by atoms with Crippen molar-refractivity contribution in [1.29, 1.82) is 0 Å². The Hall–Kier alpha value is -0.590. The van der Waals surface area contributed by atoms with Crippen LogP contribution >= 0.6 is 23.1 Å². The molecule has 2 atom stereocenters. The van der Waals surface area contributed by atoms with Gasteiger partial charge in [0.1, 0.15) is 5.01 Å². The van der Waals surface area contributed by atoms with Crippen LogP contribution in [0.2, 0.25) is 0 Å². The fourth-order valence-corrected chi connectivity index (χ4v) is 5.64. The summed E-state index contributed by atoms with van der Waals surface area (Å²) in [5.41, 5.74) is 0.994. The van der Waals surface area contributed by atoms with Crippen LogP contribution in [0, 0.1) is 5.92 Å². The Morgan fingerprint density at radius 1 is 1.38 bits per heavy atom. The maximum Gasteiger partial charge on any atom is 0.220 e. The summed E-state index contributed by atoms with van der Waals surface area (Å²) in [5, 5.41) is 6.26. The van der Waals surface area contributed by atoms with E-state index in [1.54, 1.807) is 23.1 Å². The number of rotatable bonds is 7. The van der Waals surface area contributed by atoms with Crippen LogP contribution in [-0.2, 0) is 17.1 Å². The van der Waals surface area contributed by atoms with Crippen molar-refractivity contribution in [3.8, 4) is 0 Å². The molecule has 0 aliphatic carbocycles. The third-order valence-corrected chi connectivity index (χ3v) is 6.95. The van der Waals surface area contributed by atoms with E-state index in [9.17, 15) is 4.79 Å². The van der Waals surface area contributed by atoms with Gasteiger partial charge in [-0.15, -0.1) is 11.3 Å². The first-order valence-corrected chi connectivity index (χ1v) is 11.5. The lowest BCUT2D eigenvalue weighted by Crippen LogP contribution is -2.48. The molecular formula is C18H29N3OS2. The van der Waals surface area contributed by atoms with Crippen molar-refractivity contribution >= 4 is 29.0 Å². The Kier molecular flexibility index (Phi) is 6.98. The number of aromatic nitrogens is 1. The molecule has 2 fully saturated rings. The summed E-state index contributed by atoms with van der Waals surface area (Å²) in [6.45, 7) is 3.12. The fraction of sp³-hybridized carbons (Fsp3) is 0.778. The SMILES string of the molecule is CSCc1nc(CNC(=O)CC[C@@H]2CCCN3CCCC[C@H]23)cs1. The van der Waals surface area contributed by atoms with Crippen molar-refractivity contribution in [1.82, 2.24) is 15.2 Å². The maximum atomic E-state index is 12.2. The predicted molar refractivity (Wildman–Crippen MR) is 102 cm³/mol. The van der Waals surface area contributed by atoms with Gasteiger partial charge in [-0.1, -0.05) is 6.42 Å². The highest BCUT2D eigenvalue weighted by Gasteiger charge is 2.32. The van der Waals surface area contributed by atoms with Crippen molar-refractivity contribution < 1.29 is 4.79 Å². The van der Waals surface area contributed by atoms with Crippen LogP contribution < -0.4 is 5.32 Å². The molecule has 1 N–H and O–H groups in total. The average Bonchev–Trinajstić information content (AvgIpc) is 3.06. The second-order valence-corrected chi connectivity index (χ2v) is 8.79. The second kappa shape index (κ2) is 9.20. The standard InChI is InChI=1S/C18H29N3OS2/c1-23-13-18-20-15(12-24-18)11-19-17(22)8-7-14-5-4-10-21-9-3-2-6-16(14)21/h12,14,16H,2-11,13H2,1H3,(H,19,22)/t14-,16+/m0/s1. The summed E-state index contributed by atoms with van der Waals surface area (Å²) >= 11 is 3.47. The highest BCUT2D eigenvalue weighted by atomic mass is 32.2. The second-order valence-electron chi connectivity index (χ2n) is 6.98. The minimum Gasteiger partial charge on any atom is -0.350 e. The van der Waals surface area contributed by atoms with Gasteiger partial charge in [0.15, 0.2) is 0 Å². The lowest BCUT2D eigenvalue weighted by Gasteiger charge is -2.44. The van der Waals surface area contributed by atoms with Crippen LogP contribution in [0.3, 0.4) is 0 Å². The molecule has 24 heavy (non-hydrogen) atoms. The number of piperidine rings is 2. The van der Waals surface area contributed by atoms with E-state index in [2.05, 4.69) is 26.8 Å². The van der Waals surface area contributed by atoms with Crippen LogP contribution in [0.1, 0.15) is 55.6 Å². The molecule has 2 aliphatic heterocycles. The number of amides is 1. The number of nitrogens with zero attached hydrogens (tertiary/aromatic N) is 2. The van der Waals surface area contributed by atoms with Crippen LogP contribution in [-0.4, -0.2) is 41.2 Å². The number of thioether (sulfide) groups is 1. The zero-order valence-corrected chi connectivity index (χ0v) is 16.3. The zero-order valence-electron chi connectivity index (χ0n) is 14.6. The van der Waals surface area contributed by atoms with E-state index in [1.807, 2.05) is 0 Å². The van der Waals surface area contributed by atoms with Crippen molar-refractivity contribution in [2.75, 3.05) is 19.3 Å². The van der Waals surface area contributed by atoms with Gasteiger partial charge in [0.25, 0.3) is 0 Å². The first kappa shape index (κ1) is 18.2. The maximum absolute atomic E-state index is 12.2. The van der Waals surface area contributed by atoms with Gasteiger partial charge in [0.2, 0.25) is 5.91 Å². The third kappa shape index (κ3) is 4.96. The topological polar surface area (TPSA) is 45.2 Å². The first-order valence-electron chi connectivity index (χ1n) is 9.19. The molecule has 0 spiro atoms. The molecule has 6 heteroatoms. The van der Waals surface area contributed by atoms with E-state index in [0.29, 0.717) is 13.0 Å². The lowest BCUT2D eigenvalue weighted by molar-refractivity contribution is -0.121. The molecule has 4 nitrogen and oxygen atoms in total. The molecule has 0 aromatic carbocycles. The fourth-order valence-electron chi connectivity index (χ4n) is 4.13. The Morgan fingerprint density at radius 3 is 3.12 bits per heavy atom. The lowest BCUT2D eigenvalue weighted by atomic mass is 9.81. The number of hydrogen-bond donors (Lipinski definition) is 1. The van der Waals surface area contributed by atoms with E-state index in [1.165, 1.54) is 45.2 Å². The van der Waals surface area contributed by atoms with Crippen molar-refractivity contribution in [2.45, 2.75) is 63.3 Å². The molecule has 3 heterocycles. The van der Waals surface area contributed by atoms with E-state index >= 15 is 0 Å². The molecule has 134 valence electrons. The molecule has 1 amide bonds. The highest BCUT2D eigenvalue weighted by molar-refractivity contribution is 7.97. The van der Waals surface area contributed by atoms with E-state index in [4.69, 9.17) is 0 Å². The number of thiazole rings is 1. The van der Waals surface area contributed by atoms with Gasteiger partial charge in [-0.2, -0.15) is 11.8 Å². The van der Waals surface area contributed by atoms with Crippen LogP contribution in [0.15, 0.2) is 5.38 Å². The van der Waals surface area contributed by atoms with E-state index in [-0.39, 0.29) is 5.91 Å². The van der Waals surface area contributed by atoms with Gasteiger partial charge in [-0.05, 0) is 57.4 Å². The van der Waals surface area contributed by atoms with Gasteiger partial charge in [-0.25, -0.2) is 4.98 Å². The smallest absolute Gasteiger partial charge is 0.220 e. The zero-order chi connectivity index (χ0) is 16.8. The highest BCUT2D eigenvalue weighted by Crippen LogP contribution is 2.33. The Bertz CT molecular complexity index is 532. The molecular weight excluding hydrogens is 338 g/mol. The summed E-state index contributed by atoms with van der Waals surface area (Å²) in [4.78, 5) is 19.4. The van der Waals surface area contributed by atoms with Gasteiger partial charge in [0.05, 0.1) is 12.2 Å². The van der Waals surface area contributed by atoms with Crippen LogP contribution in [0.25, 0.3) is 0 Å². The number of hydrogen-bond acceptors (Lipinski definition) is 5. The monoisotopic (exact) mass is 367 g/mol. The van der Waals surface area contributed by atoms with Crippen molar-refractivity contribution in [2.24, 2.45) is 5.92 Å². The molecule has 0 unspecified atom stereocenters. The quantitative estimate of drug-likeness (QED) is 0.799. The minimum absolute atomic E-state index is 0.183. The molecule has 0 radical (unpaired) electrons. The molecule has 1 aromatic rings. The van der Waals surface area contributed by atoms with E-state index < -0.39 is 0 Å². The van der Waals surface area contributed by atoms with Crippen LogP contribution in [0.5, 0.6) is 0 Å². The van der Waals surface area contributed by atoms with Crippen LogP contribution in [0.4, 0.5) is 0 Å². The Labute approximate surface area is 153 Å². The molecule has 2 saturated heterocycles. The minimum atomic E-state index is 0.183. The summed E-state index contributed by atoms with van der Waals surface area (Å²) in [5.74, 6) is 1.86. The van der Waals surface area contributed by atoms with Crippen molar-refractivity contribution in [3.05, 3.63) is 16.1 Å². The molecule has 1 aromatic heterocycles. The van der Waals surface area contributed by atoms with Gasteiger partial charge < -0.3 is 10.2 Å². The molecule has 0 saturated carbocycles. The Morgan fingerprint density at radius 2 is 2.25 bits per heavy atom. The number of nitrogens with one attached hydrogen (secondary N) is 1. The summed E-state index contributed by atoms with van der Waals surface area (Å²) in [7, 11) is 0. The molecule has 0 bridgehead atoms. The molecule has 2 aliphatic rings. The Balaban J connectivity index is 1.40. The number of carbonyl (C=O) groups excluding carboxylic acids is 1.